The van der Waals surface area contributed by atoms with E-state index in [0.29, 0.717) is 11.4 Å². The number of anilines is 1. The first-order valence-electron chi connectivity index (χ1n) is 9.45. The molecule has 2 N–H and O–H groups in total. The van der Waals surface area contributed by atoms with Crippen molar-refractivity contribution in [2.45, 2.75) is 35.4 Å². The maximum absolute atomic E-state index is 12.8. The Hall–Kier alpha value is -2.52. The Bertz CT molecular complexity index is 1070. The second kappa shape index (κ2) is 9.09. The van der Waals surface area contributed by atoms with Crippen molar-refractivity contribution in [3.05, 3.63) is 48.0 Å². The second-order valence-electron chi connectivity index (χ2n) is 7.12. The molecule has 0 aromatic heterocycles. The number of para-hydroxylation sites is 1. The van der Waals surface area contributed by atoms with E-state index in [2.05, 4.69) is 10.6 Å². The molecular weight excluding hydrogens is 424 g/mol. The number of sulfone groups is 1. The predicted molar refractivity (Wildman–Crippen MR) is 116 cm³/mol. The number of carbonyl (C=O) groups excluding carboxylic acids is 2. The van der Waals surface area contributed by atoms with Crippen molar-refractivity contribution in [3.63, 3.8) is 0 Å². The number of thioether (sulfide) groups is 1. The summed E-state index contributed by atoms with van der Waals surface area (Å²) in [6.45, 7) is 3.61. The SMILES string of the molecule is COc1ccccc1CNC(=O)[C@@H](C)CS(=O)(=O)c1ccc2c(c1)NC(=O)[C@@H](C)S2. The Balaban J connectivity index is 1.67. The molecule has 0 radical (unpaired) electrons. The first kappa shape index (κ1) is 22.2. The van der Waals surface area contributed by atoms with Crippen LogP contribution in [-0.2, 0) is 26.0 Å². The molecule has 160 valence electrons. The van der Waals surface area contributed by atoms with E-state index in [4.69, 9.17) is 4.74 Å². The molecule has 0 saturated heterocycles. The Morgan fingerprint density at radius 3 is 2.73 bits per heavy atom. The van der Waals surface area contributed by atoms with Crippen LogP contribution in [0.5, 0.6) is 5.75 Å². The highest BCUT2D eigenvalue weighted by Crippen LogP contribution is 2.37. The van der Waals surface area contributed by atoms with Gasteiger partial charge in [0.25, 0.3) is 0 Å². The van der Waals surface area contributed by atoms with Crippen molar-refractivity contribution in [2.75, 3.05) is 18.2 Å². The van der Waals surface area contributed by atoms with Crippen LogP contribution in [0.15, 0.2) is 52.3 Å². The van der Waals surface area contributed by atoms with Crippen LogP contribution in [0.4, 0.5) is 5.69 Å². The van der Waals surface area contributed by atoms with Crippen molar-refractivity contribution in [1.82, 2.24) is 5.32 Å². The van der Waals surface area contributed by atoms with Crippen molar-refractivity contribution >= 4 is 39.1 Å². The van der Waals surface area contributed by atoms with Gasteiger partial charge >= 0.3 is 0 Å². The van der Waals surface area contributed by atoms with Gasteiger partial charge in [0.05, 0.1) is 28.7 Å². The molecule has 0 unspecified atom stereocenters. The van der Waals surface area contributed by atoms with Crippen LogP contribution in [0.2, 0.25) is 0 Å². The standard InChI is InChI=1S/C21H24N2O5S2/c1-13(20(24)22-11-15-6-4-5-7-18(15)28-3)12-30(26,27)16-8-9-19-17(10-16)23-21(25)14(2)29-19/h4-10,13-14H,11-12H2,1-3H3,(H,22,24)(H,23,25)/t13-,14+/m0/s1. The average Bonchev–Trinajstić information content (AvgIpc) is 2.72. The minimum absolute atomic E-state index is 0.0843. The fourth-order valence-corrected chi connectivity index (χ4v) is 5.59. The molecule has 2 atom stereocenters. The first-order chi connectivity index (χ1) is 14.2. The lowest BCUT2D eigenvalue weighted by molar-refractivity contribution is -0.124. The maximum atomic E-state index is 12.8. The molecule has 1 aliphatic rings. The number of rotatable bonds is 7. The van der Waals surface area contributed by atoms with E-state index in [1.807, 2.05) is 18.2 Å². The zero-order valence-electron chi connectivity index (χ0n) is 17.0. The summed E-state index contributed by atoms with van der Waals surface area (Å²) in [6.07, 6.45) is 0. The van der Waals surface area contributed by atoms with Crippen LogP contribution in [0, 0.1) is 5.92 Å². The highest BCUT2D eigenvalue weighted by molar-refractivity contribution is 8.01. The average molecular weight is 449 g/mol. The zero-order valence-corrected chi connectivity index (χ0v) is 18.6. The summed E-state index contributed by atoms with van der Waals surface area (Å²) in [6, 6.07) is 12.0. The molecule has 2 aromatic rings. The number of hydrogen-bond acceptors (Lipinski definition) is 6. The summed E-state index contributed by atoms with van der Waals surface area (Å²) in [5.41, 5.74) is 1.29. The smallest absolute Gasteiger partial charge is 0.237 e. The molecule has 1 aliphatic heterocycles. The van der Waals surface area contributed by atoms with Crippen LogP contribution in [0.3, 0.4) is 0 Å². The molecule has 0 fully saturated rings. The molecule has 30 heavy (non-hydrogen) atoms. The highest BCUT2D eigenvalue weighted by atomic mass is 32.2. The first-order valence-corrected chi connectivity index (χ1v) is 12.0. The van der Waals surface area contributed by atoms with E-state index in [0.717, 1.165) is 10.5 Å². The summed E-state index contributed by atoms with van der Waals surface area (Å²) >= 11 is 1.38. The number of benzene rings is 2. The number of methoxy groups -OCH3 is 1. The molecule has 0 bridgehead atoms. The van der Waals surface area contributed by atoms with E-state index >= 15 is 0 Å². The fraction of sp³-hybridized carbons (Fsp3) is 0.333. The molecule has 3 rings (SSSR count). The molecule has 9 heteroatoms. The van der Waals surface area contributed by atoms with Gasteiger partial charge in [0.2, 0.25) is 11.8 Å². The van der Waals surface area contributed by atoms with Gasteiger partial charge in [-0.25, -0.2) is 8.42 Å². The summed E-state index contributed by atoms with van der Waals surface area (Å²) in [5, 5.41) is 5.27. The Labute approximate surface area is 180 Å². The minimum Gasteiger partial charge on any atom is -0.496 e. The lowest BCUT2D eigenvalue weighted by atomic mass is 10.1. The minimum atomic E-state index is -3.71. The van der Waals surface area contributed by atoms with Crippen LogP contribution < -0.4 is 15.4 Å². The van der Waals surface area contributed by atoms with E-state index in [1.54, 1.807) is 33.1 Å². The number of ether oxygens (including phenoxy) is 1. The van der Waals surface area contributed by atoms with Gasteiger partial charge in [-0.1, -0.05) is 25.1 Å². The van der Waals surface area contributed by atoms with Crippen LogP contribution in [-0.4, -0.2) is 38.3 Å². The quantitative estimate of drug-likeness (QED) is 0.675. The lowest BCUT2D eigenvalue weighted by Gasteiger charge is -2.22. The summed E-state index contributed by atoms with van der Waals surface area (Å²) < 4.78 is 30.9. The summed E-state index contributed by atoms with van der Waals surface area (Å²) in [5.74, 6) is -0.946. The number of amides is 2. The summed E-state index contributed by atoms with van der Waals surface area (Å²) in [4.78, 5) is 25.2. The molecule has 0 spiro atoms. The van der Waals surface area contributed by atoms with Gasteiger partial charge in [0.1, 0.15) is 5.75 Å². The number of hydrogen-bond donors (Lipinski definition) is 2. The van der Waals surface area contributed by atoms with Crippen LogP contribution >= 0.6 is 11.8 Å². The third-order valence-electron chi connectivity index (χ3n) is 4.80. The monoisotopic (exact) mass is 448 g/mol. The molecular formula is C21H24N2O5S2. The van der Waals surface area contributed by atoms with Gasteiger partial charge in [-0.05, 0) is 31.2 Å². The van der Waals surface area contributed by atoms with Crippen LogP contribution in [0.1, 0.15) is 19.4 Å². The van der Waals surface area contributed by atoms with Crippen molar-refractivity contribution < 1.29 is 22.7 Å². The Morgan fingerprint density at radius 2 is 2.00 bits per heavy atom. The zero-order chi connectivity index (χ0) is 21.9. The largest absolute Gasteiger partial charge is 0.496 e. The molecule has 7 nitrogen and oxygen atoms in total. The van der Waals surface area contributed by atoms with Crippen molar-refractivity contribution in [1.29, 1.82) is 0 Å². The Kier molecular flexibility index (Phi) is 6.72. The van der Waals surface area contributed by atoms with E-state index in [9.17, 15) is 18.0 Å². The summed E-state index contributed by atoms with van der Waals surface area (Å²) in [7, 11) is -2.16. The van der Waals surface area contributed by atoms with Gasteiger partial charge in [0, 0.05) is 22.9 Å². The second-order valence-corrected chi connectivity index (χ2v) is 10.5. The van der Waals surface area contributed by atoms with Crippen molar-refractivity contribution in [3.8, 4) is 5.75 Å². The van der Waals surface area contributed by atoms with Gasteiger partial charge < -0.3 is 15.4 Å². The lowest BCUT2D eigenvalue weighted by Crippen LogP contribution is -2.33. The fourth-order valence-electron chi connectivity index (χ4n) is 3.09. The number of nitrogens with one attached hydrogen (secondary N) is 2. The molecule has 0 aliphatic carbocycles. The van der Waals surface area contributed by atoms with Gasteiger partial charge in [-0.2, -0.15) is 0 Å². The van der Waals surface area contributed by atoms with Gasteiger partial charge in [-0.3, -0.25) is 9.59 Å². The van der Waals surface area contributed by atoms with E-state index < -0.39 is 15.8 Å². The maximum Gasteiger partial charge on any atom is 0.237 e. The molecule has 1 heterocycles. The normalized spacial score (nSPS) is 16.9. The predicted octanol–water partition coefficient (Wildman–Crippen LogP) is 2.85. The number of carbonyl (C=O) groups is 2. The third-order valence-corrected chi connectivity index (χ3v) is 7.89. The molecule has 2 aromatic carbocycles. The van der Waals surface area contributed by atoms with Crippen molar-refractivity contribution in [2.24, 2.45) is 5.92 Å². The highest BCUT2D eigenvalue weighted by Gasteiger charge is 2.27. The topological polar surface area (TPSA) is 102 Å². The van der Waals surface area contributed by atoms with Crippen LogP contribution in [0.25, 0.3) is 0 Å². The molecule has 2 amide bonds. The van der Waals surface area contributed by atoms with Gasteiger partial charge in [0.15, 0.2) is 9.84 Å². The van der Waals surface area contributed by atoms with Gasteiger partial charge in [-0.15, -0.1) is 11.8 Å². The molecule has 0 saturated carbocycles. The number of fused-ring (bicyclic) bond motifs is 1. The van der Waals surface area contributed by atoms with E-state index in [-0.39, 0.29) is 34.3 Å². The van der Waals surface area contributed by atoms with E-state index in [1.165, 1.54) is 23.9 Å². The Morgan fingerprint density at radius 1 is 1.27 bits per heavy atom. The third kappa shape index (κ3) is 4.96.